The molecule has 0 radical (unpaired) electrons. The summed E-state index contributed by atoms with van der Waals surface area (Å²) in [4.78, 5) is 0. The number of ether oxygens (including phenoxy) is 1. The van der Waals surface area contributed by atoms with Gasteiger partial charge in [0.1, 0.15) is 5.75 Å². The largest absolute Gasteiger partial charge is 0.491 e. The molecule has 0 saturated carbocycles. The minimum absolute atomic E-state index is 0.258. The third kappa shape index (κ3) is 4.59. The minimum Gasteiger partial charge on any atom is -0.491 e. The van der Waals surface area contributed by atoms with Gasteiger partial charge in [-0.25, -0.2) is 0 Å². The lowest BCUT2D eigenvalue weighted by Crippen LogP contribution is -2.11. The van der Waals surface area contributed by atoms with E-state index in [1.54, 1.807) is 0 Å². The Bertz CT molecular complexity index is 1310. The Hall–Kier alpha value is -3.52. The van der Waals surface area contributed by atoms with Crippen LogP contribution in [0.4, 0.5) is 0 Å². The molecule has 0 aliphatic carbocycles. The lowest BCUT2D eigenvalue weighted by atomic mass is 10.1. The highest BCUT2D eigenvalue weighted by Gasteiger charge is 2.11. The van der Waals surface area contributed by atoms with Gasteiger partial charge in [-0.15, -0.1) is 0 Å². The van der Waals surface area contributed by atoms with Gasteiger partial charge < -0.3 is 9.30 Å². The van der Waals surface area contributed by atoms with E-state index in [1.165, 1.54) is 64.3 Å². The molecule has 2 heteroatoms. The summed E-state index contributed by atoms with van der Waals surface area (Å²) in [6, 6.07) is 34.6. The zero-order valence-corrected chi connectivity index (χ0v) is 20.2. The molecule has 2 nitrogen and oxygen atoms in total. The normalized spacial score (nSPS) is 12.3. The first-order valence-electron chi connectivity index (χ1n) is 12.6. The maximum absolute atomic E-state index is 6.13. The number of para-hydroxylation sites is 2. The number of hydrogen-bond donors (Lipinski definition) is 0. The van der Waals surface area contributed by atoms with Gasteiger partial charge in [-0.1, -0.05) is 86.8 Å². The summed E-state index contributed by atoms with van der Waals surface area (Å²) in [5.74, 6) is 0.952. The summed E-state index contributed by atoms with van der Waals surface area (Å²) >= 11 is 0. The van der Waals surface area contributed by atoms with Crippen molar-refractivity contribution in [1.29, 1.82) is 0 Å². The first kappa shape index (κ1) is 22.3. The molecule has 0 N–H and O–H groups in total. The Labute approximate surface area is 202 Å². The number of rotatable bonds is 9. The molecule has 0 amide bonds. The molecule has 0 bridgehead atoms. The zero-order valence-electron chi connectivity index (χ0n) is 20.2. The first-order valence-corrected chi connectivity index (χ1v) is 12.6. The summed E-state index contributed by atoms with van der Waals surface area (Å²) in [7, 11) is 0. The van der Waals surface area contributed by atoms with Gasteiger partial charge in [0.2, 0.25) is 0 Å². The molecule has 1 heterocycles. The van der Waals surface area contributed by atoms with Gasteiger partial charge in [-0.05, 0) is 67.3 Å². The standard InChI is InChI=1S/C32H33NO/c1-3-4-5-6-11-24(2)34-28-22-18-26(19-23-28)25-16-20-27(21-17-25)33-31-14-9-7-12-29(31)30-13-8-10-15-32(30)33/h7-10,12-24H,3-6,11H2,1-2H3. The fourth-order valence-electron chi connectivity index (χ4n) is 4.88. The lowest BCUT2D eigenvalue weighted by Gasteiger charge is -2.15. The van der Waals surface area contributed by atoms with Crippen LogP contribution < -0.4 is 4.74 Å². The van der Waals surface area contributed by atoms with E-state index in [1.807, 2.05) is 0 Å². The van der Waals surface area contributed by atoms with Crippen LogP contribution in [0.25, 0.3) is 38.6 Å². The van der Waals surface area contributed by atoms with Crippen molar-refractivity contribution < 1.29 is 4.74 Å². The highest BCUT2D eigenvalue weighted by molar-refractivity contribution is 6.09. The fourth-order valence-corrected chi connectivity index (χ4v) is 4.88. The molecule has 172 valence electrons. The van der Waals surface area contributed by atoms with Crippen molar-refractivity contribution in [3.63, 3.8) is 0 Å². The average Bonchev–Trinajstić information content (AvgIpc) is 3.22. The van der Waals surface area contributed by atoms with Crippen LogP contribution in [0.5, 0.6) is 5.75 Å². The van der Waals surface area contributed by atoms with Crippen molar-refractivity contribution in [3.8, 4) is 22.6 Å². The van der Waals surface area contributed by atoms with Crippen LogP contribution in [-0.4, -0.2) is 10.7 Å². The average molecular weight is 448 g/mol. The molecular formula is C32H33NO. The number of nitrogens with zero attached hydrogens (tertiary/aromatic N) is 1. The molecule has 0 aliphatic rings. The van der Waals surface area contributed by atoms with Crippen molar-refractivity contribution in [3.05, 3.63) is 97.1 Å². The predicted octanol–water partition coefficient (Wildman–Crippen LogP) is 9.19. The summed E-state index contributed by atoms with van der Waals surface area (Å²) < 4.78 is 8.49. The Morgan fingerprint density at radius 3 is 1.79 bits per heavy atom. The van der Waals surface area contributed by atoms with E-state index < -0.39 is 0 Å². The van der Waals surface area contributed by atoms with Crippen molar-refractivity contribution in [2.75, 3.05) is 0 Å². The van der Waals surface area contributed by atoms with E-state index >= 15 is 0 Å². The van der Waals surface area contributed by atoms with E-state index in [4.69, 9.17) is 4.74 Å². The Morgan fingerprint density at radius 1 is 0.647 bits per heavy atom. The monoisotopic (exact) mass is 447 g/mol. The Balaban J connectivity index is 1.34. The number of fused-ring (bicyclic) bond motifs is 3. The van der Waals surface area contributed by atoms with Gasteiger partial charge in [0.05, 0.1) is 17.1 Å². The Morgan fingerprint density at radius 2 is 1.21 bits per heavy atom. The molecule has 0 spiro atoms. The summed E-state index contributed by atoms with van der Waals surface area (Å²) in [6.07, 6.45) is 6.51. The minimum atomic E-state index is 0.258. The molecule has 5 aromatic rings. The van der Waals surface area contributed by atoms with Crippen LogP contribution in [0.3, 0.4) is 0 Å². The Kier molecular flexibility index (Phi) is 6.67. The second-order valence-electron chi connectivity index (χ2n) is 9.22. The maximum Gasteiger partial charge on any atom is 0.119 e. The van der Waals surface area contributed by atoms with Gasteiger partial charge >= 0.3 is 0 Å². The molecule has 0 aliphatic heterocycles. The quantitative estimate of drug-likeness (QED) is 0.205. The van der Waals surface area contributed by atoms with Crippen molar-refractivity contribution >= 4 is 21.8 Å². The number of aromatic nitrogens is 1. The molecule has 1 unspecified atom stereocenters. The number of unbranched alkanes of at least 4 members (excludes halogenated alkanes) is 3. The smallest absolute Gasteiger partial charge is 0.119 e. The second-order valence-corrected chi connectivity index (χ2v) is 9.22. The molecule has 34 heavy (non-hydrogen) atoms. The van der Waals surface area contributed by atoms with Gasteiger partial charge in [-0.2, -0.15) is 0 Å². The molecule has 5 rings (SSSR count). The maximum atomic E-state index is 6.13. The van der Waals surface area contributed by atoms with Crippen LogP contribution in [0, 0.1) is 0 Å². The third-order valence-corrected chi connectivity index (χ3v) is 6.69. The topological polar surface area (TPSA) is 14.2 Å². The van der Waals surface area contributed by atoms with Crippen LogP contribution in [0.1, 0.15) is 46.0 Å². The van der Waals surface area contributed by atoms with Crippen molar-refractivity contribution in [2.24, 2.45) is 0 Å². The zero-order chi connectivity index (χ0) is 23.3. The van der Waals surface area contributed by atoms with Crippen LogP contribution in [0.15, 0.2) is 97.1 Å². The molecular weight excluding hydrogens is 414 g/mol. The number of hydrogen-bond acceptors (Lipinski definition) is 1. The SMILES string of the molecule is CCCCCCC(C)Oc1ccc(-c2ccc(-n3c4ccccc4c4ccccc43)cc2)cc1. The molecule has 4 aromatic carbocycles. The lowest BCUT2D eigenvalue weighted by molar-refractivity contribution is 0.206. The highest BCUT2D eigenvalue weighted by Crippen LogP contribution is 2.32. The number of benzene rings is 4. The van der Waals surface area contributed by atoms with Crippen LogP contribution in [0.2, 0.25) is 0 Å². The summed E-state index contributed by atoms with van der Waals surface area (Å²) in [5.41, 5.74) is 6.07. The van der Waals surface area contributed by atoms with Crippen molar-refractivity contribution in [1.82, 2.24) is 4.57 Å². The molecule has 1 atom stereocenters. The van der Waals surface area contributed by atoms with E-state index in [2.05, 4.69) is 115 Å². The van der Waals surface area contributed by atoms with E-state index in [0.717, 1.165) is 12.2 Å². The van der Waals surface area contributed by atoms with Gasteiger partial charge in [-0.3, -0.25) is 0 Å². The second kappa shape index (κ2) is 10.2. The molecule has 0 fully saturated rings. The highest BCUT2D eigenvalue weighted by atomic mass is 16.5. The predicted molar refractivity (Wildman–Crippen MR) is 145 cm³/mol. The van der Waals surface area contributed by atoms with Crippen molar-refractivity contribution in [2.45, 2.75) is 52.1 Å². The first-order chi connectivity index (χ1) is 16.7. The fraction of sp³-hybridized carbons (Fsp3) is 0.250. The van der Waals surface area contributed by atoms with E-state index in [0.29, 0.717) is 0 Å². The molecule has 0 saturated heterocycles. The third-order valence-electron chi connectivity index (χ3n) is 6.69. The van der Waals surface area contributed by atoms with Gasteiger partial charge in [0.25, 0.3) is 0 Å². The van der Waals surface area contributed by atoms with E-state index in [-0.39, 0.29) is 6.10 Å². The van der Waals surface area contributed by atoms with Gasteiger partial charge in [0, 0.05) is 16.5 Å². The van der Waals surface area contributed by atoms with Gasteiger partial charge in [0.15, 0.2) is 0 Å². The summed E-state index contributed by atoms with van der Waals surface area (Å²) in [5, 5.41) is 2.58. The summed E-state index contributed by atoms with van der Waals surface area (Å²) in [6.45, 7) is 4.42. The van der Waals surface area contributed by atoms with Crippen LogP contribution >= 0.6 is 0 Å². The van der Waals surface area contributed by atoms with E-state index in [9.17, 15) is 0 Å². The molecule has 1 aromatic heterocycles. The van der Waals surface area contributed by atoms with Crippen LogP contribution in [-0.2, 0) is 0 Å².